The molecule has 0 unspecified atom stereocenters. The summed E-state index contributed by atoms with van der Waals surface area (Å²) in [5, 5.41) is 17.2. The second-order valence-corrected chi connectivity index (χ2v) is 3.74. The quantitative estimate of drug-likeness (QED) is 0.836. The third-order valence-corrected chi connectivity index (χ3v) is 2.41. The first-order valence-corrected chi connectivity index (χ1v) is 5.36. The van der Waals surface area contributed by atoms with E-state index in [1.54, 1.807) is 6.07 Å². The standard InChI is InChI=1S/C12H11F3N2O2/c13-12(14,15)9-3-1-2-4-10(9)17(8-6-16)7-5-11(18)19/h1-4H,5,7-8H2,(H,18,19). The van der Waals surface area contributed by atoms with Gasteiger partial charge in [0, 0.05) is 12.2 Å². The highest BCUT2D eigenvalue weighted by Crippen LogP contribution is 2.36. The van der Waals surface area contributed by atoms with E-state index >= 15 is 0 Å². The molecular formula is C12H11F3N2O2. The summed E-state index contributed by atoms with van der Waals surface area (Å²) in [5.41, 5.74) is -1.06. The zero-order chi connectivity index (χ0) is 14.5. The number of carbonyl (C=O) groups is 1. The van der Waals surface area contributed by atoms with E-state index in [9.17, 15) is 18.0 Å². The average Bonchev–Trinajstić information content (AvgIpc) is 2.33. The molecule has 0 atom stereocenters. The lowest BCUT2D eigenvalue weighted by molar-refractivity contribution is -0.137. The van der Waals surface area contributed by atoms with Gasteiger partial charge in [-0.25, -0.2) is 0 Å². The molecule has 1 aromatic carbocycles. The molecule has 0 fully saturated rings. The molecule has 19 heavy (non-hydrogen) atoms. The maximum absolute atomic E-state index is 12.8. The summed E-state index contributed by atoms with van der Waals surface area (Å²) in [6.45, 7) is -0.462. The van der Waals surface area contributed by atoms with Crippen molar-refractivity contribution in [3.05, 3.63) is 29.8 Å². The first kappa shape index (κ1) is 14.8. The van der Waals surface area contributed by atoms with E-state index in [1.807, 2.05) is 0 Å². The zero-order valence-electron chi connectivity index (χ0n) is 9.81. The molecule has 0 radical (unpaired) electrons. The molecule has 0 saturated carbocycles. The first-order chi connectivity index (χ1) is 8.86. The molecule has 102 valence electrons. The minimum absolute atomic E-state index is 0.157. The minimum Gasteiger partial charge on any atom is -0.481 e. The van der Waals surface area contributed by atoms with Gasteiger partial charge >= 0.3 is 12.1 Å². The fraction of sp³-hybridized carbons (Fsp3) is 0.333. The molecule has 0 saturated heterocycles. The van der Waals surface area contributed by atoms with Gasteiger partial charge in [0.15, 0.2) is 0 Å². The lowest BCUT2D eigenvalue weighted by Crippen LogP contribution is -2.28. The first-order valence-electron chi connectivity index (χ1n) is 5.36. The van der Waals surface area contributed by atoms with Crippen molar-refractivity contribution in [3.8, 4) is 6.07 Å². The number of carboxylic acid groups (broad SMARTS) is 1. The lowest BCUT2D eigenvalue weighted by Gasteiger charge is -2.24. The third-order valence-electron chi connectivity index (χ3n) is 2.41. The van der Waals surface area contributed by atoms with Crippen molar-refractivity contribution in [1.82, 2.24) is 0 Å². The molecule has 0 aliphatic carbocycles. The molecular weight excluding hydrogens is 261 g/mol. The van der Waals surface area contributed by atoms with Gasteiger partial charge in [-0.2, -0.15) is 18.4 Å². The Labute approximate surface area is 107 Å². The largest absolute Gasteiger partial charge is 0.481 e. The number of anilines is 1. The van der Waals surface area contributed by atoms with Crippen LogP contribution >= 0.6 is 0 Å². The summed E-state index contributed by atoms with van der Waals surface area (Å²) >= 11 is 0. The molecule has 1 aromatic rings. The van der Waals surface area contributed by atoms with Crippen LogP contribution in [0.3, 0.4) is 0 Å². The number of nitrogens with zero attached hydrogens (tertiary/aromatic N) is 2. The lowest BCUT2D eigenvalue weighted by atomic mass is 10.1. The summed E-state index contributed by atoms with van der Waals surface area (Å²) in [5.74, 6) is -1.13. The highest BCUT2D eigenvalue weighted by atomic mass is 19.4. The van der Waals surface area contributed by atoms with Gasteiger partial charge in [-0.3, -0.25) is 4.79 Å². The molecule has 0 aliphatic heterocycles. The molecule has 0 amide bonds. The van der Waals surface area contributed by atoms with Gasteiger partial charge in [-0.15, -0.1) is 0 Å². The second-order valence-electron chi connectivity index (χ2n) is 3.74. The van der Waals surface area contributed by atoms with E-state index in [2.05, 4.69) is 0 Å². The van der Waals surface area contributed by atoms with E-state index in [0.717, 1.165) is 11.0 Å². The monoisotopic (exact) mass is 272 g/mol. The topological polar surface area (TPSA) is 64.3 Å². The maximum atomic E-state index is 12.8. The smallest absolute Gasteiger partial charge is 0.418 e. The van der Waals surface area contributed by atoms with Gasteiger partial charge in [0.2, 0.25) is 0 Å². The number of rotatable bonds is 5. The van der Waals surface area contributed by atoms with Gasteiger partial charge in [0.05, 0.1) is 18.1 Å². The van der Waals surface area contributed by atoms with Crippen LogP contribution in [0.1, 0.15) is 12.0 Å². The fourth-order valence-electron chi connectivity index (χ4n) is 1.59. The van der Waals surface area contributed by atoms with Crippen molar-refractivity contribution < 1.29 is 23.1 Å². The summed E-state index contributed by atoms with van der Waals surface area (Å²) < 4.78 is 38.5. The Bertz CT molecular complexity index is 494. The molecule has 4 nitrogen and oxygen atoms in total. The Kier molecular flexibility index (Phi) is 4.75. The predicted octanol–water partition coefficient (Wildman–Crippen LogP) is 2.51. The van der Waals surface area contributed by atoms with Gasteiger partial charge in [0.25, 0.3) is 0 Å². The van der Waals surface area contributed by atoms with Gasteiger partial charge < -0.3 is 10.0 Å². The Morgan fingerprint density at radius 3 is 2.53 bits per heavy atom. The molecule has 1 rings (SSSR count). The van der Waals surface area contributed by atoms with Gasteiger partial charge in [0.1, 0.15) is 6.54 Å². The molecule has 0 spiro atoms. The Balaban J connectivity index is 3.09. The fourth-order valence-corrected chi connectivity index (χ4v) is 1.59. The number of aliphatic carboxylic acids is 1. The molecule has 1 N–H and O–H groups in total. The number of nitriles is 1. The van der Waals surface area contributed by atoms with Crippen molar-refractivity contribution in [3.63, 3.8) is 0 Å². The van der Waals surface area contributed by atoms with E-state index in [1.165, 1.54) is 18.2 Å². The number of hydrogen-bond donors (Lipinski definition) is 1. The highest BCUT2D eigenvalue weighted by molar-refractivity contribution is 5.68. The van der Waals surface area contributed by atoms with Crippen LogP contribution in [-0.4, -0.2) is 24.2 Å². The normalized spacial score (nSPS) is 10.8. The number of carboxylic acids is 1. The van der Waals surface area contributed by atoms with Crippen LogP contribution < -0.4 is 4.90 Å². The van der Waals surface area contributed by atoms with Crippen LogP contribution in [-0.2, 0) is 11.0 Å². The average molecular weight is 272 g/mol. The van der Waals surface area contributed by atoms with Crippen LogP contribution in [0.2, 0.25) is 0 Å². The highest BCUT2D eigenvalue weighted by Gasteiger charge is 2.34. The molecule has 7 heteroatoms. The molecule has 0 aliphatic rings. The van der Waals surface area contributed by atoms with Crippen molar-refractivity contribution >= 4 is 11.7 Å². The van der Waals surface area contributed by atoms with Crippen LogP contribution in [0.4, 0.5) is 18.9 Å². The Morgan fingerprint density at radius 2 is 2.00 bits per heavy atom. The number of hydrogen-bond acceptors (Lipinski definition) is 3. The third kappa shape index (κ3) is 4.17. The molecule has 0 heterocycles. The van der Waals surface area contributed by atoms with E-state index < -0.39 is 17.7 Å². The summed E-state index contributed by atoms with van der Waals surface area (Å²) in [4.78, 5) is 11.6. The molecule has 0 bridgehead atoms. The van der Waals surface area contributed by atoms with Crippen molar-refractivity contribution in [1.29, 1.82) is 5.26 Å². The van der Waals surface area contributed by atoms with Gasteiger partial charge in [-0.05, 0) is 12.1 Å². The number of para-hydroxylation sites is 1. The summed E-state index contributed by atoms with van der Waals surface area (Å²) in [6.07, 6.45) is -4.89. The number of benzene rings is 1. The van der Waals surface area contributed by atoms with Crippen LogP contribution in [0.5, 0.6) is 0 Å². The van der Waals surface area contributed by atoms with Crippen LogP contribution in [0.25, 0.3) is 0 Å². The van der Waals surface area contributed by atoms with E-state index in [4.69, 9.17) is 10.4 Å². The van der Waals surface area contributed by atoms with Crippen molar-refractivity contribution in [2.45, 2.75) is 12.6 Å². The van der Waals surface area contributed by atoms with Crippen molar-refractivity contribution in [2.75, 3.05) is 18.0 Å². The van der Waals surface area contributed by atoms with Crippen molar-refractivity contribution in [2.24, 2.45) is 0 Å². The SMILES string of the molecule is N#CCN(CCC(=O)O)c1ccccc1C(F)(F)F. The Morgan fingerprint density at radius 1 is 1.37 bits per heavy atom. The van der Waals surface area contributed by atoms with E-state index in [0.29, 0.717) is 0 Å². The predicted molar refractivity (Wildman–Crippen MR) is 61.5 cm³/mol. The maximum Gasteiger partial charge on any atom is 0.418 e. The van der Waals surface area contributed by atoms with Crippen LogP contribution in [0, 0.1) is 11.3 Å². The number of halogens is 3. The Hall–Kier alpha value is -2.23. The second kappa shape index (κ2) is 6.09. The minimum atomic E-state index is -4.55. The van der Waals surface area contributed by atoms with E-state index in [-0.39, 0.29) is 25.2 Å². The van der Waals surface area contributed by atoms with Gasteiger partial charge in [-0.1, -0.05) is 12.1 Å². The molecule has 0 aromatic heterocycles. The zero-order valence-corrected chi connectivity index (χ0v) is 9.81. The summed E-state index contributed by atoms with van der Waals surface area (Å²) in [7, 11) is 0. The van der Waals surface area contributed by atoms with Crippen LogP contribution in [0.15, 0.2) is 24.3 Å². The number of alkyl halides is 3. The summed E-state index contributed by atoms with van der Waals surface area (Å²) in [6, 6.07) is 6.52.